The summed E-state index contributed by atoms with van der Waals surface area (Å²) in [5.41, 5.74) is 5.70. The fourth-order valence-electron chi connectivity index (χ4n) is 10.3. The SMILES string of the molecule is CC(NC(=O)c1cc(NC2CNC2)ccc1Cl)c1ccc(C#CC2CCN(CCCCCC(=O)N3CCC(c4ccc5c(c4)n(C)c(=O)n5C4CCC(=O)NC4=O)CC3)CC2)c2ccccc12. The molecule has 0 saturated carbocycles. The van der Waals surface area contributed by atoms with Gasteiger partial charge in [0.15, 0.2) is 0 Å². The molecule has 67 heavy (non-hydrogen) atoms. The van der Waals surface area contributed by atoms with Crippen LogP contribution in [0.15, 0.2) is 77.6 Å². The van der Waals surface area contributed by atoms with Gasteiger partial charge in [-0.25, -0.2) is 4.79 Å². The molecule has 350 valence electrons. The predicted molar refractivity (Wildman–Crippen MR) is 263 cm³/mol. The molecule has 4 aliphatic heterocycles. The Bertz CT molecular complexity index is 2800. The molecule has 14 heteroatoms. The lowest BCUT2D eigenvalue weighted by Gasteiger charge is -2.32. The van der Waals surface area contributed by atoms with Gasteiger partial charge in [0.2, 0.25) is 17.7 Å². The zero-order valence-corrected chi connectivity index (χ0v) is 39.3. The Morgan fingerprint density at radius 1 is 0.851 bits per heavy atom. The number of imide groups is 1. The van der Waals surface area contributed by atoms with Crippen molar-refractivity contribution in [3.05, 3.63) is 111 Å². The number of piperidine rings is 3. The Balaban J connectivity index is 0.697. The van der Waals surface area contributed by atoms with Crippen LogP contribution in [-0.4, -0.2) is 94.4 Å². The molecular formula is C53H61ClN8O5. The topological polar surface area (TPSA) is 150 Å². The number of hydrogen-bond acceptors (Lipinski definition) is 8. The van der Waals surface area contributed by atoms with Crippen molar-refractivity contribution in [1.82, 2.24) is 34.9 Å². The van der Waals surface area contributed by atoms with E-state index < -0.39 is 11.9 Å². The molecule has 2 unspecified atom stereocenters. The van der Waals surface area contributed by atoms with E-state index in [1.807, 2.05) is 48.2 Å². The monoisotopic (exact) mass is 924 g/mol. The second kappa shape index (κ2) is 20.5. The van der Waals surface area contributed by atoms with Crippen LogP contribution in [0.2, 0.25) is 5.02 Å². The molecule has 5 aromatic rings. The van der Waals surface area contributed by atoms with Gasteiger partial charge in [-0.05, 0) is 136 Å². The third kappa shape index (κ3) is 10.3. The molecule has 0 aliphatic carbocycles. The van der Waals surface area contributed by atoms with Gasteiger partial charge in [0.1, 0.15) is 6.04 Å². The van der Waals surface area contributed by atoms with Crippen LogP contribution >= 0.6 is 11.6 Å². The number of nitrogens with zero attached hydrogens (tertiary/aromatic N) is 4. The molecule has 9 rings (SSSR count). The summed E-state index contributed by atoms with van der Waals surface area (Å²) in [4.78, 5) is 68.8. The average molecular weight is 926 g/mol. The van der Waals surface area contributed by atoms with Crippen molar-refractivity contribution >= 4 is 62.7 Å². The van der Waals surface area contributed by atoms with Crippen molar-refractivity contribution < 1.29 is 19.2 Å². The number of likely N-dealkylation sites (tertiary alicyclic amines) is 2. The van der Waals surface area contributed by atoms with E-state index in [-0.39, 0.29) is 41.8 Å². The maximum atomic E-state index is 13.5. The lowest BCUT2D eigenvalue weighted by molar-refractivity contribution is -0.136. The molecule has 4 fully saturated rings. The highest BCUT2D eigenvalue weighted by Crippen LogP contribution is 2.33. The maximum Gasteiger partial charge on any atom is 0.329 e. The Labute approximate surface area is 397 Å². The van der Waals surface area contributed by atoms with E-state index >= 15 is 0 Å². The zero-order valence-electron chi connectivity index (χ0n) is 38.5. The lowest BCUT2D eigenvalue weighted by atomic mass is 9.89. The molecule has 4 aliphatic rings. The molecule has 1 aromatic heterocycles. The minimum atomic E-state index is -0.702. The number of hydrogen-bond donors (Lipinski definition) is 4. The molecule has 0 spiro atoms. The van der Waals surface area contributed by atoms with E-state index in [0.29, 0.717) is 40.9 Å². The highest BCUT2D eigenvalue weighted by Gasteiger charge is 2.32. The molecule has 4 amide bonds. The van der Waals surface area contributed by atoms with Crippen molar-refractivity contribution in [1.29, 1.82) is 0 Å². The van der Waals surface area contributed by atoms with Gasteiger partial charge in [-0.15, -0.1) is 0 Å². The summed E-state index contributed by atoms with van der Waals surface area (Å²) >= 11 is 6.49. The van der Waals surface area contributed by atoms with Crippen LogP contribution in [0.25, 0.3) is 21.8 Å². The van der Waals surface area contributed by atoms with E-state index in [9.17, 15) is 24.0 Å². The Hall–Kier alpha value is -5.94. The van der Waals surface area contributed by atoms with Crippen LogP contribution in [-0.2, 0) is 21.4 Å². The molecular weight excluding hydrogens is 864 g/mol. The first-order valence-electron chi connectivity index (χ1n) is 24.2. The number of halogens is 1. The first-order chi connectivity index (χ1) is 32.5. The second-order valence-electron chi connectivity index (χ2n) is 18.9. The van der Waals surface area contributed by atoms with E-state index in [4.69, 9.17) is 11.6 Å². The summed E-state index contributed by atoms with van der Waals surface area (Å²) in [5, 5.41) is 14.8. The first-order valence-corrected chi connectivity index (χ1v) is 24.5. The number of aryl methyl sites for hydroxylation is 1. The molecule has 4 N–H and O–H groups in total. The molecule has 0 bridgehead atoms. The van der Waals surface area contributed by atoms with Crippen LogP contribution in [0.5, 0.6) is 0 Å². The Morgan fingerprint density at radius 3 is 2.37 bits per heavy atom. The first kappa shape index (κ1) is 46.2. The molecule has 4 aromatic carbocycles. The standard InChI is InChI=1S/C53H61ClN8O5/c1-34(56-51(65)44-31-39(15-17-45(44)54)57-40-32-55-33-40)41-16-13-37(42-8-5-6-9-43(41)42)12-11-35-21-26-60(27-22-35)25-7-3-4-10-50(64)61-28-23-36(24-29-61)38-14-18-46-48(30-38)59(2)53(67)62(46)47-19-20-49(63)58-52(47)66/h5-6,8-9,13-18,30-31,34-36,40,47,55,57H,3-4,7,10,19-29,32-33H2,1-2H3,(H,56,65)(H,58,63,66). The predicted octanol–water partition coefficient (Wildman–Crippen LogP) is 7.03. The summed E-state index contributed by atoms with van der Waals surface area (Å²) in [6.45, 7) is 8.34. The van der Waals surface area contributed by atoms with Gasteiger partial charge in [-0.1, -0.05) is 66.3 Å². The van der Waals surface area contributed by atoms with E-state index in [2.05, 4.69) is 68.3 Å². The van der Waals surface area contributed by atoms with Gasteiger partial charge < -0.3 is 25.8 Å². The smallest absolute Gasteiger partial charge is 0.329 e. The average Bonchev–Trinajstić information content (AvgIpc) is 3.57. The van der Waals surface area contributed by atoms with Crippen molar-refractivity contribution in [2.45, 2.75) is 95.2 Å². The van der Waals surface area contributed by atoms with Gasteiger partial charge in [0, 0.05) is 63.2 Å². The van der Waals surface area contributed by atoms with Crippen LogP contribution in [0.1, 0.15) is 116 Å². The highest BCUT2D eigenvalue weighted by atomic mass is 35.5. The number of unbranched alkanes of at least 4 members (excludes halogenated alkanes) is 2. The number of rotatable bonds is 13. The Morgan fingerprint density at radius 2 is 1.63 bits per heavy atom. The fourth-order valence-corrected chi connectivity index (χ4v) is 10.5. The highest BCUT2D eigenvalue weighted by molar-refractivity contribution is 6.34. The summed E-state index contributed by atoms with van der Waals surface area (Å²) in [6, 6.07) is 23.4. The fraction of sp³-hybridized carbons (Fsp3) is 0.453. The van der Waals surface area contributed by atoms with Crippen LogP contribution in [0, 0.1) is 17.8 Å². The summed E-state index contributed by atoms with van der Waals surface area (Å²) in [5.74, 6) is 7.03. The maximum absolute atomic E-state index is 13.5. The molecule has 5 heterocycles. The minimum absolute atomic E-state index is 0.209. The lowest BCUT2D eigenvalue weighted by Crippen LogP contribution is -2.51. The number of aromatic nitrogens is 2. The van der Waals surface area contributed by atoms with Gasteiger partial charge in [-0.2, -0.15) is 0 Å². The van der Waals surface area contributed by atoms with Crippen molar-refractivity contribution in [3.63, 3.8) is 0 Å². The quantitative estimate of drug-likeness (QED) is 0.0559. The van der Waals surface area contributed by atoms with E-state index in [0.717, 1.165) is 129 Å². The van der Waals surface area contributed by atoms with E-state index in [1.165, 1.54) is 4.57 Å². The van der Waals surface area contributed by atoms with Crippen LogP contribution in [0.4, 0.5) is 5.69 Å². The van der Waals surface area contributed by atoms with Gasteiger partial charge in [0.05, 0.1) is 33.7 Å². The number of benzene rings is 4. The molecule has 13 nitrogen and oxygen atoms in total. The minimum Gasteiger partial charge on any atom is -0.380 e. The number of carbonyl (C=O) groups is 4. The molecule has 2 atom stereocenters. The second-order valence-corrected chi connectivity index (χ2v) is 19.3. The number of carbonyl (C=O) groups excluding carboxylic acids is 4. The molecule has 4 saturated heterocycles. The third-order valence-corrected chi connectivity index (χ3v) is 14.8. The Kier molecular flexibility index (Phi) is 14.1. The largest absolute Gasteiger partial charge is 0.380 e. The van der Waals surface area contributed by atoms with Gasteiger partial charge in [0.25, 0.3) is 5.91 Å². The summed E-state index contributed by atoms with van der Waals surface area (Å²) in [6.07, 6.45) is 7.91. The summed E-state index contributed by atoms with van der Waals surface area (Å²) in [7, 11) is 1.72. The van der Waals surface area contributed by atoms with Gasteiger partial charge >= 0.3 is 5.69 Å². The number of imidazole rings is 1. The number of amides is 4. The van der Waals surface area contributed by atoms with Crippen LogP contribution < -0.4 is 27.0 Å². The van der Waals surface area contributed by atoms with Crippen molar-refractivity contribution in [2.24, 2.45) is 13.0 Å². The third-order valence-electron chi connectivity index (χ3n) is 14.5. The number of fused-ring (bicyclic) bond motifs is 2. The van der Waals surface area contributed by atoms with Crippen molar-refractivity contribution in [3.8, 4) is 11.8 Å². The normalized spacial score (nSPS) is 19.1. The molecule has 0 radical (unpaired) electrons. The van der Waals surface area contributed by atoms with Crippen LogP contribution in [0.3, 0.4) is 0 Å². The van der Waals surface area contributed by atoms with E-state index in [1.54, 1.807) is 17.7 Å². The zero-order chi connectivity index (χ0) is 46.6. The number of anilines is 1. The van der Waals surface area contributed by atoms with Gasteiger partial charge in [-0.3, -0.25) is 33.6 Å². The van der Waals surface area contributed by atoms with Crippen molar-refractivity contribution in [2.75, 3.05) is 51.1 Å². The number of nitrogens with one attached hydrogen (secondary N) is 4. The summed E-state index contributed by atoms with van der Waals surface area (Å²) < 4.78 is 3.10.